The van der Waals surface area contributed by atoms with Gasteiger partial charge >= 0.3 is 11.8 Å². The Kier molecular flexibility index (Phi) is 6.08. The third-order valence-electron chi connectivity index (χ3n) is 5.20. The molecule has 0 bridgehead atoms. The molecular weight excluding hydrogens is 346 g/mol. The molecule has 2 aliphatic rings. The van der Waals surface area contributed by atoms with Crippen molar-refractivity contribution in [1.29, 1.82) is 0 Å². The maximum absolute atomic E-state index is 12.3. The van der Waals surface area contributed by atoms with Crippen molar-refractivity contribution < 1.29 is 14.4 Å². The molecule has 27 heavy (non-hydrogen) atoms. The van der Waals surface area contributed by atoms with E-state index in [0.717, 1.165) is 44.8 Å². The monoisotopic (exact) mass is 373 g/mol. The molecule has 0 aliphatic carbocycles. The molecule has 1 aromatic carbocycles. The van der Waals surface area contributed by atoms with Gasteiger partial charge in [-0.25, -0.2) is 0 Å². The Labute approximate surface area is 159 Å². The molecule has 1 aromatic rings. The quantitative estimate of drug-likeness (QED) is 0.541. The maximum Gasteiger partial charge on any atom is 0.310 e. The van der Waals surface area contributed by atoms with E-state index >= 15 is 0 Å². The summed E-state index contributed by atoms with van der Waals surface area (Å²) in [5, 5.41) is 5.19. The number of likely N-dealkylation sites (N-methyl/N-ethyl adjacent to an activating group) is 2. The van der Waals surface area contributed by atoms with Crippen molar-refractivity contribution in [2.45, 2.75) is 12.5 Å². The van der Waals surface area contributed by atoms with Crippen molar-refractivity contribution >= 4 is 23.4 Å². The van der Waals surface area contributed by atoms with Crippen LogP contribution in [0.15, 0.2) is 24.3 Å². The molecule has 0 aromatic heterocycles. The van der Waals surface area contributed by atoms with Gasteiger partial charge in [0.1, 0.15) is 6.04 Å². The van der Waals surface area contributed by atoms with E-state index in [9.17, 15) is 14.4 Å². The van der Waals surface area contributed by atoms with Gasteiger partial charge in [-0.3, -0.25) is 14.4 Å². The predicted octanol–water partition coefficient (Wildman–Crippen LogP) is -0.426. The van der Waals surface area contributed by atoms with Gasteiger partial charge in [0.05, 0.1) is 0 Å². The van der Waals surface area contributed by atoms with Gasteiger partial charge in [-0.15, -0.1) is 0 Å². The summed E-state index contributed by atoms with van der Waals surface area (Å²) < 4.78 is 0. The molecule has 2 N–H and O–H groups in total. The molecule has 1 fully saturated rings. The van der Waals surface area contributed by atoms with E-state index in [2.05, 4.69) is 27.5 Å². The number of para-hydroxylation sites is 1. The lowest BCUT2D eigenvalue weighted by atomic mass is 10.1. The molecule has 2 heterocycles. The Bertz CT molecular complexity index is 715. The van der Waals surface area contributed by atoms with E-state index in [1.54, 1.807) is 13.1 Å². The van der Waals surface area contributed by atoms with Crippen LogP contribution in [0.3, 0.4) is 0 Å². The molecule has 3 rings (SSSR count). The van der Waals surface area contributed by atoms with Crippen LogP contribution >= 0.6 is 0 Å². The highest BCUT2D eigenvalue weighted by molar-refractivity contribution is 6.35. The first-order valence-electron chi connectivity index (χ1n) is 9.33. The van der Waals surface area contributed by atoms with E-state index in [1.165, 1.54) is 4.90 Å². The van der Waals surface area contributed by atoms with Gasteiger partial charge in [0, 0.05) is 51.0 Å². The van der Waals surface area contributed by atoms with Gasteiger partial charge in [0.2, 0.25) is 0 Å². The number of hydrogen-bond donors (Lipinski definition) is 2. The van der Waals surface area contributed by atoms with E-state index in [-0.39, 0.29) is 5.91 Å². The number of rotatable bonds is 5. The SMILES string of the molecule is CN1CCN(CCCNC(=O)C(=O)N[C@@H]2C(=O)N(C)c3ccccc32)CC1. The van der Waals surface area contributed by atoms with Crippen LogP contribution in [-0.4, -0.2) is 80.9 Å². The fraction of sp³-hybridized carbons (Fsp3) is 0.526. The van der Waals surface area contributed by atoms with Gasteiger partial charge in [-0.05, 0) is 26.1 Å². The molecule has 8 heteroatoms. The largest absolute Gasteiger partial charge is 0.348 e. The summed E-state index contributed by atoms with van der Waals surface area (Å²) in [6, 6.07) is 6.44. The summed E-state index contributed by atoms with van der Waals surface area (Å²) in [7, 11) is 3.77. The highest BCUT2D eigenvalue weighted by atomic mass is 16.2. The number of benzene rings is 1. The fourth-order valence-electron chi connectivity index (χ4n) is 3.47. The third-order valence-corrected chi connectivity index (χ3v) is 5.20. The van der Waals surface area contributed by atoms with E-state index in [0.29, 0.717) is 12.1 Å². The third kappa shape index (κ3) is 4.45. The van der Waals surface area contributed by atoms with Gasteiger partial charge in [0.15, 0.2) is 0 Å². The van der Waals surface area contributed by atoms with Gasteiger partial charge < -0.3 is 25.3 Å². The van der Waals surface area contributed by atoms with Crippen molar-refractivity contribution in [2.75, 3.05) is 58.3 Å². The minimum Gasteiger partial charge on any atom is -0.348 e. The van der Waals surface area contributed by atoms with Gasteiger partial charge in [-0.2, -0.15) is 0 Å². The Morgan fingerprint density at radius 3 is 2.52 bits per heavy atom. The van der Waals surface area contributed by atoms with E-state index in [1.807, 2.05) is 18.2 Å². The summed E-state index contributed by atoms with van der Waals surface area (Å²) in [5.74, 6) is -1.72. The van der Waals surface area contributed by atoms with Crippen LogP contribution in [0.25, 0.3) is 0 Å². The van der Waals surface area contributed by atoms with Crippen LogP contribution in [-0.2, 0) is 14.4 Å². The number of piperazine rings is 1. The summed E-state index contributed by atoms with van der Waals surface area (Å²) in [6.07, 6.45) is 0.788. The second-order valence-electron chi connectivity index (χ2n) is 7.12. The van der Waals surface area contributed by atoms with Gasteiger partial charge in [-0.1, -0.05) is 18.2 Å². The average molecular weight is 373 g/mol. The molecular formula is C19H27N5O3. The molecule has 0 radical (unpaired) electrons. The van der Waals surface area contributed by atoms with E-state index in [4.69, 9.17) is 0 Å². The summed E-state index contributed by atoms with van der Waals surface area (Å²) in [6.45, 7) is 5.51. The summed E-state index contributed by atoms with van der Waals surface area (Å²) in [4.78, 5) is 42.7. The van der Waals surface area contributed by atoms with Crippen molar-refractivity contribution in [3.8, 4) is 0 Å². The minimum atomic E-state index is -0.810. The number of fused-ring (bicyclic) bond motifs is 1. The first-order valence-corrected chi connectivity index (χ1v) is 9.33. The molecule has 146 valence electrons. The van der Waals surface area contributed by atoms with Crippen LogP contribution in [0.2, 0.25) is 0 Å². The Morgan fingerprint density at radius 2 is 1.78 bits per heavy atom. The lowest BCUT2D eigenvalue weighted by molar-refractivity contribution is -0.140. The number of carbonyl (C=O) groups excluding carboxylic acids is 3. The molecule has 1 atom stereocenters. The Morgan fingerprint density at radius 1 is 1.07 bits per heavy atom. The zero-order valence-electron chi connectivity index (χ0n) is 15.9. The smallest absolute Gasteiger partial charge is 0.310 e. The zero-order chi connectivity index (χ0) is 19.4. The van der Waals surface area contributed by atoms with Crippen LogP contribution in [0, 0.1) is 0 Å². The number of nitrogens with one attached hydrogen (secondary N) is 2. The highest BCUT2D eigenvalue weighted by Crippen LogP contribution is 2.34. The average Bonchev–Trinajstić information content (AvgIpc) is 2.91. The first kappa shape index (κ1) is 19.3. The van der Waals surface area contributed by atoms with Crippen LogP contribution in [0.4, 0.5) is 5.69 Å². The van der Waals surface area contributed by atoms with Crippen LogP contribution < -0.4 is 15.5 Å². The van der Waals surface area contributed by atoms with Crippen LogP contribution in [0.5, 0.6) is 0 Å². The van der Waals surface area contributed by atoms with Gasteiger partial charge in [0.25, 0.3) is 5.91 Å². The van der Waals surface area contributed by atoms with Crippen molar-refractivity contribution in [3.05, 3.63) is 29.8 Å². The standard InChI is InChI=1S/C19H27N5O3/c1-22-10-12-24(13-11-22)9-5-8-20-17(25)18(26)21-16-14-6-3-4-7-15(14)23(2)19(16)27/h3-4,6-7,16H,5,8-13H2,1-2H3,(H,20,25)(H,21,26)/t16-/m0/s1. The fourth-order valence-corrected chi connectivity index (χ4v) is 3.47. The maximum atomic E-state index is 12.3. The Balaban J connectivity index is 1.43. The van der Waals surface area contributed by atoms with Crippen molar-refractivity contribution in [3.63, 3.8) is 0 Å². The highest BCUT2D eigenvalue weighted by Gasteiger charge is 2.36. The lowest BCUT2D eigenvalue weighted by Gasteiger charge is -2.32. The number of anilines is 1. The topological polar surface area (TPSA) is 85.0 Å². The molecule has 1 saturated heterocycles. The molecule has 0 saturated carbocycles. The summed E-state index contributed by atoms with van der Waals surface area (Å²) >= 11 is 0. The second-order valence-corrected chi connectivity index (χ2v) is 7.12. The van der Waals surface area contributed by atoms with Crippen molar-refractivity contribution in [2.24, 2.45) is 0 Å². The second kappa shape index (κ2) is 8.49. The minimum absolute atomic E-state index is 0.243. The van der Waals surface area contributed by atoms with Crippen molar-refractivity contribution in [1.82, 2.24) is 20.4 Å². The first-order chi connectivity index (χ1) is 13.0. The van der Waals surface area contributed by atoms with E-state index < -0.39 is 17.9 Å². The number of nitrogens with zero attached hydrogens (tertiary/aromatic N) is 3. The predicted molar refractivity (Wildman–Crippen MR) is 102 cm³/mol. The summed E-state index contributed by atoms with van der Waals surface area (Å²) in [5.41, 5.74) is 1.46. The molecule has 8 nitrogen and oxygen atoms in total. The molecule has 2 aliphatic heterocycles. The zero-order valence-corrected chi connectivity index (χ0v) is 15.9. The molecule has 0 unspecified atom stereocenters. The molecule has 0 spiro atoms. The number of amides is 3. The normalized spacial score (nSPS) is 20.4. The lowest BCUT2D eigenvalue weighted by Crippen LogP contribution is -2.46. The Hall–Kier alpha value is -2.45. The number of hydrogen-bond acceptors (Lipinski definition) is 5. The number of carbonyl (C=O) groups is 3. The molecule has 3 amide bonds. The van der Waals surface area contributed by atoms with Crippen LogP contribution in [0.1, 0.15) is 18.0 Å².